The third-order valence-electron chi connectivity index (χ3n) is 3.89. The van der Waals surface area contributed by atoms with E-state index in [2.05, 4.69) is 11.9 Å². The number of hydrogen-bond donors (Lipinski definition) is 1. The number of rotatable bonds is 3. The largest absolute Gasteiger partial charge is 0.370 e. The lowest BCUT2D eigenvalue weighted by Gasteiger charge is -2.31. The Labute approximate surface area is 124 Å². The van der Waals surface area contributed by atoms with E-state index in [1.165, 1.54) is 6.42 Å². The summed E-state index contributed by atoms with van der Waals surface area (Å²) in [6.07, 6.45) is 1.22. The molecule has 0 spiro atoms. The number of piperidine rings is 1. The van der Waals surface area contributed by atoms with Gasteiger partial charge in [0.1, 0.15) is 0 Å². The van der Waals surface area contributed by atoms with Gasteiger partial charge in [-0.1, -0.05) is 6.92 Å². The summed E-state index contributed by atoms with van der Waals surface area (Å²) in [6.45, 7) is 4.17. The van der Waals surface area contributed by atoms with Crippen LogP contribution in [0.1, 0.15) is 32.6 Å². The molecule has 2 rings (SSSR count). The molecule has 106 valence electrons. The SMILES string of the molecule is CC1CCCN(C(N)=NCC2(C(F)F)CC2)C1.I. The minimum absolute atomic E-state index is 0. The molecular weight excluding hydrogens is 351 g/mol. The Balaban J connectivity index is 0.00000162. The normalized spacial score (nSPS) is 27.0. The predicted octanol–water partition coefficient (Wildman–Crippen LogP) is 2.70. The number of likely N-dealkylation sites (tertiary alicyclic amines) is 1. The molecule has 0 bridgehead atoms. The second-order valence-corrected chi connectivity index (χ2v) is 5.53. The molecular formula is C12H22F2IN3. The topological polar surface area (TPSA) is 41.6 Å². The molecule has 0 aromatic carbocycles. The fraction of sp³-hybridized carbons (Fsp3) is 0.917. The maximum absolute atomic E-state index is 12.7. The van der Waals surface area contributed by atoms with Crippen molar-refractivity contribution in [1.29, 1.82) is 0 Å². The van der Waals surface area contributed by atoms with Crippen LogP contribution in [0.4, 0.5) is 8.78 Å². The predicted molar refractivity (Wildman–Crippen MR) is 79.5 cm³/mol. The molecule has 2 aliphatic rings. The van der Waals surface area contributed by atoms with Gasteiger partial charge in [-0.3, -0.25) is 4.99 Å². The summed E-state index contributed by atoms with van der Waals surface area (Å²) in [6, 6.07) is 0. The van der Waals surface area contributed by atoms with Crippen LogP contribution < -0.4 is 5.73 Å². The molecule has 1 aliphatic carbocycles. The van der Waals surface area contributed by atoms with Gasteiger partial charge >= 0.3 is 0 Å². The maximum Gasteiger partial charge on any atom is 0.245 e. The zero-order valence-electron chi connectivity index (χ0n) is 10.7. The zero-order chi connectivity index (χ0) is 12.5. The van der Waals surface area contributed by atoms with Crippen molar-refractivity contribution in [2.75, 3.05) is 19.6 Å². The van der Waals surface area contributed by atoms with Crippen LogP contribution in [0.5, 0.6) is 0 Å². The molecule has 1 heterocycles. The standard InChI is InChI=1S/C12H21F2N3.HI/c1-9-3-2-6-17(7-9)11(15)16-8-12(4-5-12)10(13)14;/h9-10H,2-8H2,1H3,(H2,15,16);1H. The number of alkyl halides is 2. The Bertz CT molecular complexity index is 306. The lowest BCUT2D eigenvalue weighted by atomic mass is 10.0. The molecule has 0 aromatic rings. The first-order valence-corrected chi connectivity index (χ1v) is 6.36. The summed E-state index contributed by atoms with van der Waals surface area (Å²) in [5.74, 6) is 1.06. The van der Waals surface area contributed by atoms with Crippen molar-refractivity contribution in [3.8, 4) is 0 Å². The minimum atomic E-state index is -2.26. The molecule has 3 nitrogen and oxygen atoms in total. The van der Waals surface area contributed by atoms with Crippen molar-refractivity contribution in [2.45, 2.75) is 39.0 Å². The van der Waals surface area contributed by atoms with E-state index in [-0.39, 0.29) is 30.5 Å². The van der Waals surface area contributed by atoms with Crippen molar-refractivity contribution in [3.63, 3.8) is 0 Å². The van der Waals surface area contributed by atoms with Gasteiger partial charge in [-0.05, 0) is 31.6 Å². The molecule has 0 aromatic heterocycles. The van der Waals surface area contributed by atoms with Crippen LogP contribution in [0.3, 0.4) is 0 Å². The monoisotopic (exact) mass is 373 g/mol. The van der Waals surface area contributed by atoms with Crippen LogP contribution in [-0.2, 0) is 0 Å². The summed E-state index contributed by atoms with van der Waals surface area (Å²) >= 11 is 0. The first kappa shape index (κ1) is 15.9. The van der Waals surface area contributed by atoms with E-state index >= 15 is 0 Å². The highest BCUT2D eigenvalue weighted by atomic mass is 127. The van der Waals surface area contributed by atoms with Gasteiger partial charge in [0, 0.05) is 13.1 Å². The summed E-state index contributed by atoms with van der Waals surface area (Å²) in [7, 11) is 0. The lowest BCUT2D eigenvalue weighted by Crippen LogP contribution is -2.43. The third-order valence-corrected chi connectivity index (χ3v) is 3.89. The number of guanidine groups is 1. The second-order valence-electron chi connectivity index (χ2n) is 5.53. The third kappa shape index (κ3) is 3.68. The maximum atomic E-state index is 12.7. The zero-order valence-corrected chi connectivity index (χ0v) is 13.1. The highest BCUT2D eigenvalue weighted by Crippen LogP contribution is 2.50. The summed E-state index contributed by atoms with van der Waals surface area (Å²) in [5.41, 5.74) is 5.02. The number of nitrogens with two attached hydrogens (primary N) is 1. The molecule has 18 heavy (non-hydrogen) atoms. The van der Waals surface area contributed by atoms with Crippen molar-refractivity contribution in [3.05, 3.63) is 0 Å². The molecule has 1 unspecified atom stereocenters. The Morgan fingerprint density at radius 2 is 2.17 bits per heavy atom. The second kappa shape index (κ2) is 6.34. The number of hydrogen-bond acceptors (Lipinski definition) is 1. The van der Waals surface area contributed by atoms with Gasteiger partial charge in [-0.25, -0.2) is 8.78 Å². The highest BCUT2D eigenvalue weighted by Gasteiger charge is 2.51. The number of halogens is 3. The first-order chi connectivity index (χ1) is 8.03. The van der Waals surface area contributed by atoms with Crippen LogP contribution in [0, 0.1) is 11.3 Å². The van der Waals surface area contributed by atoms with E-state index in [1.807, 2.05) is 4.90 Å². The van der Waals surface area contributed by atoms with Gasteiger partial charge in [0.15, 0.2) is 5.96 Å². The number of nitrogens with zero attached hydrogens (tertiary/aromatic N) is 2. The van der Waals surface area contributed by atoms with Crippen LogP contribution in [0.25, 0.3) is 0 Å². The molecule has 1 saturated heterocycles. The lowest BCUT2D eigenvalue weighted by molar-refractivity contribution is 0.0665. The smallest absolute Gasteiger partial charge is 0.245 e. The molecule has 2 N–H and O–H groups in total. The molecule has 6 heteroatoms. The van der Waals surface area contributed by atoms with Gasteiger partial charge in [-0.2, -0.15) is 0 Å². The molecule has 1 atom stereocenters. The summed E-state index contributed by atoms with van der Waals surface area (Å²) in [4.78, 5) is 6.20. The summed E-state index contributed by atoms with van der Waals surface area (Å²) in [5, 5.41) is 0. The van der Waals surface area contributed by atoms with Gasteiger partial charge in [0.05, 0.1) is 12.0 Å². The Hall–Kier alpha value is -0.140. The van der Waals surface area contributed by atoms with Gasteiger partial charge < -0.3 is 10.6 Å². The van der Waals surface area contributed by atoms with Crippen molar-refractivity contribution < 1.29 is 8.78 Å². The Kier molecular flexibility index (Phi) is 5.61. The van der Waals surface area contributed by atoms with E-state index in [0.717, 1.165) is 19.5 Å². The van der Waals surface area contributed by atoms with E-state index in [0.29, 0.717) is 24.7 Å². The van der Waals surface area contributed by atoms with Crippen molar-refractivity contribution in [2.24, 2.45) is 22.1 Å². The minimum Gasteiger partial charge on any atom is -0.370 e. The van der Waals surface area contributed by atoms with E-state index in [9.17, 15) is 8.78 Å². The molecule has 1 aliphatic heterocycles. The van der Waals surface area contributed by atoms with Crippen molar-refractivity contribution >= 4 is 29.9 Å². The average Bonchev–Trinajstić information content (AvgIpc) is 3.07. The molecule has 0 radical (unpaired) electrons. The van der Waals surface area contributed by atoms with Gasteiger partial charge in [0.25, 0.3) is 0 Å². The molecule has 0 amide bonds. The van der Waals surface area contributed by atoms with Gasteiger partial charge in [-0.15, -0.1) is 24.0 Å². The van der Waals surface area contributed by atoms with E-state index < -0.39 is 11.8 Å². The Morgan fingerprint density at radius 1 is 1.50 bits per heavy atom. The summed E-state index contributed by atoms with van der Waals surface area (Å²) < 4.78 is 25.4. The number of aliphatic imine (C=N–C) groups is 1. The van der Waals surface area contributed by atoms with Crippen molar-refractivity contribution in [1.82, 2.24) is 4.90 Å². The quantitative estimate of drug-likeness (QED) is 0.470. The first-order valence-electron chi connectivity index (χ1n) is 6.36. The van der Waals surface area contributed by atoms with E-state index in [1.54, 1.807) is 0 Å². The van der Waals surface area contributed by atoms with Crippen LogP contribution in [0.15, 0.2) is 4.99 Å². The highest BCUT2D eigenvalue weighted by molar-refractivity contribution is 14.0. The Morgan fingerprint density at radius 3 is 2.67 bits per heavy atom. The van der Waals surface area contributed by atoms with Crippen LogP contribution in [0.2, 0.25) is 0 Å². The molecule has 1 saturated carbocycles. The van der Waals surface area contributed by atoms with Crippen LogP contribution >= 0.6 is 24.0 Å². The van der Waals surface area contributed by atoms with Crippen LogP contribution in [-0.4, -0.2) is 36.9 Å². The molecule has 2 fully saturated rings. The van der Waals surface area contributed by atoms with E-state index in [4.69, 9.17) is 5.73 Å². The fourth-order valence-corrected chi connectivity index (χ4v) is 2.34. The van der Waals surface area contributed by atoms with Gasteiger partial charge in [0.2, 0.25) is 6.43 Å². The average molecular weight is 373 g/mol. The fourth-order valence-electron chi connectivity index (χ4n) is 2.34.